The predicted octanol–water partition coefficient (Wildman–Crippen LogP) is 1.50. The third kappa shape index (κ3) is 3.20. The van der Waals surface area contributed by atoms with Gasteiger partial charge < -0.3 is 10.5 Å². The van der Waals surface area contributed by atoms with Gasteiger partial charge in [-0.15, -0.1) is 0 Å². The molecule has 0 amide bonds. The van der Waals surface area contributed by atoms with Crippen molar-refractivity contribution in [3.8, 4) is 0 Å². The number of halogens is 2. The fraction of sp³-hybridized carbons (Fsp3) is 0.455. The van der Waals surface area contributed by atoms with Gasteiger partial charge in [0.05, 0.1) is 13.5 Å². The Morgan fingerprint density at radius 2 is 2.24 bits per heavy atom. The summed E-state index contributed by atoms with van der Waals surface area (Å²) in [5.74, 6) is -0.495. The van der Waals surface area contributed by atoms with E-state index >= 15 is 0 Å². The molecule has 0 aliphatic rings. The minimum Gasteiger partial charge on any atom is -0.469 e. The lowest BCUT2D eigenvalue weighted by atomic mass is 10.0. The van der Waals surface area contributed by atoms with E-state index in [-0.39, 0.29) is 18.7 Å². The quantitative estimate of drug-likeness (QED) is 0.815. The molecule has 0 aliphatic heterocycles. The Balaban J connectivity index is 3.19. The number of alkyl halides is 2. The molecule has 1 aromatic heterocycles. The van der Waals surface area contributed by atoms with Crippen molar-refractivity contribution >= 4 is 5.97 Å². The van der Waals surface area contributed by atoms with E-state index in [2.05, 4.69) is 9.72 Å². The molecule has 0 atom stereocenters. The summed E-state index contributed by atoms with van der Waals surface area (Å²) >= 11 is 0. The van der Waals surface area contributed by atoms with Gasteiger partial charge in [0.1, 0.15) is 5.69 Å². The minimum absolute atomic E-state index is 0.0773. The van der Waals surface area contributed by atoms with Gasteiger partial charge in [0.2, 0.25) is 0 Å². The van der Waals surface area contributed by atoms with Crippen LogP contribution in [0.5, 0.6) is 0 Å². The molecule has 6 heteroatoms. The number of hydrogen-bond donors (Lipinski definition) is 1. The van der Waals surface area contributed by atoms with Gasteiger partial charge in [0.25, 0.3) is 6.43 Å². The first-order valence-electron chi connectivity index (χ1n) is 5.04. The van der Waals surface area contributed by atoms with Crippen LogP contribution in [-0.4, -0.2) is 18.1 Å². The summed E-state index contributed by atoms with van der Waals surface area (Å²) in [5, 5.41) is 0. The Hall–Kier alpha value is -1.56. The summed E-state index contributed by atoms with van der Waals surface area (Å²) in [6.45, 7) is 1.74. The second kappa shape index (κ2) is 5.67. The number of carbonyl (C=O) groups excluding carboxylic acids is 1. The highest BCUT2D eigenvalue weighted by atomic mass is 19.3. The SMILES string of the molecule is COC(=O)Cc1cc(C(F)F)nc(C)c1CN. The highest BCUT2D eigenvalue weighted by Crippen LogP contribution is 2.22. The topological polar surface area (TPSA) is 65.2 Å². The molecule has 0 bridgehead atoms. The van der Waals surface area contributed by atoms with Crippen LogP contribution < -0.4 is 5.73 Å². The van der Waals surface area contributed by atoms with Crippen LogP contribution in [-0.2, 0) is 22.5 Å². The minimum atomic E-state index is -2.67. The van der Waals surface area contributed by atoms with Crippen LogP contribution in [0.25, 0.3) is 0 Å². The van der Waals surface area contributed by atoms with Gasteiger partial charge in [-0.1, -0.05) is 0 Å². The third-order valence-electron chi connectivity index (χ3n) is 2.43. The zero-order chi connectivity index (χ0) is 13.0. The number of pyridine rings is 1. The lowest BCUT2D eigenvalue weighted by Gasteiger charge is -2.12. The van der Waals surface area contributed by atoms with Gasteiger partial charge in [-0.25, -0.2) is 8.78 Å². The molecule has 17 heavy (non-hydrogen) atoms. The molecule has 0 aliphatic carbocycles. The zero-order valence-corrected chi connectivity index (χ0v) is 9.67. The molecule has 0 radical (unpaired) electrons. The Morgan fingerprint density at radius 3 is 2.71 bits per heavy atom. The molecule has 0 spiro atoms. The van der Waals surface area contributed by atoms with Crippen molar-refractivity contribution in [2.45, 2.75) is 26.3 Å². The van der Waals surface area contributed by atoms with Gasteiger partial charge >= 0.3 is 5.97 Å². The Labute approximate surface area is 97.8 Å². The number of aryl methyl sites for hydroxylation is 1. The lowest BCUT2D eigenvalue weighted by molar-refractivity contribution is -0.139. The third-order valence-corrected chi connectivity index (χ3v) is 2.43. The zero-order valence-electron chi connectivity index (χ0n) is 9.67. The number of ether oxygens (including phenoxy) is 1. The number of aromatic nitrogens is 1. The molecule has 2 N–H and O–H groups in total. The van der Waals surface area contributed by atoms with Crippen LogP contribution in [0.2, 0.25) is 0 Å². The van der Waals surface area contributed by atoms with E-state index in [0.717, 1.165) is 0 Å². The normalized spacial score (nSPS) is 10.7. The second-order valence-electron chi connectivity index (χ2n) is 3.53. The lowest BCUT2D eigenvalue weighted by Crippen LogP contribution is -2.13. The van der Waals surface area contributed by atoms with E-state index in [0.29, 0.717) is 16.8 Å². The number of nitrogens with two attached hydrogens (primary N) is 1. The highest BCUT2D eigenvalue weighted by molar-refractivity contribution is 5.73. The van der Waals surface area contributed by atoms with Crippen molar-refractivity contribution in [2.24, 2.45) is 5.73 Å². The molecule has 94 valence electrons. The summed E-state index contributed by atoms with van der Waals surface area (Å²) in [5.41, 5.74) is 6.64. The van der Waals surface area contributed by atoms with E-state index in [1.54, 1.807) is 6.92 Å². The Bertz CT molecular complexity index is 422. The summed E-state index contributed by atoms with van der Waals surface area (Å²) in [4.78, 5) is 14.9. The maximum absolute atomic E-state index is 12.6. The van der Waals surface area contributed by atoms with Crippen LogP contribution in [0.3, 0.4) is 0 Å². The molecule has 1 aromatic rings. The first-order valence-corrected chi connectivity index (χ1v) is 5.04. The van der Waals surface area contributed by atoms with Gasteiger partial charge in [0, 0.05) is 12.2 Å². The van der Waals surface area contributed by atoms with Crippen molar-refractivity contribution in [2.75, 3.05) is 7.11 Å². The van der Waals surface area contributed by atoms with Gasteiger partial charge in [-0.05, 0) is 24.1 Å². The summed E-state index contributed by atoms with van der Waals surface area (Å²) in [6, 6.07) is 1.21. The molecule has 1 rings (SSSR count). The first-order chi connectivity index (χ1) is 7.99. The average Bonchev–Trinajstić information content (AvgIpc) is 2.28. The molecular weight excluding hydrogens is 230 g/mol. The van der Waals surface area contributed by atoms with Gasteiger partial charge in [0.15, 0.2) is 0 Å². The van der Waals surface area contributed by atoms with E-state index < -0.39 is 12.4 Å². The highest BCUT2D eigenvalue weighted by Gasteiger charge is 2.16. The van der Waals surface area contributed by atoms with Crippen molar-refractivity contribution in [1.82, 2.24) is 4.98 Å². The molecule has 0 saturated carbocycles. The maximum Gasteiger partial charge on any atom is 0.309 e. The van der Waals surface area contributed by atoms with Crippen LogP contribution >= 0.6 is 0 Å². The fourth-order valence-electron chi connectivity index (χ4n) is 1.57. The van der Waals surface area contributed by atoms with Crippen LogP contribution in [0.15, 0.2) is 6.07 Å². The van der Waals surface area contributed by atoms with E-state index in [9.17, 15) is 13.6 Å². The summed E-state index contributed by atoms with van der Waals surface area (Å²) in [7, 11) is 1.24. The largest absolute Gasteiger partial charge is 0.469 e. The number of esters is 1. The summed E-state index contributed by atoms with van der Waals surface area (Å²) in [6.07, 6.45) is -2.75. The van der Waals surface area contributed by atoms with Gasteiger partial charge in [-0.2, -0.15) is 0 Å². The van der Waals surface area contributed by atoms with Crippen molar-refractivity contribution < 1.29 is 18.3 Å². The molecule has 0 unspecified atom stereocenters. The average molecular weight is 244 g/mol. The number of carbonyl (C=O) groups is 1. The second-order valence-corrected chi connectivity index (χ2v) is 3.53. The monoisotopic (exact) mass is 244 g/mol. The molecule has 1 heterocycles. The Morgan fingerprint density at radius 1 is 1.59 bits per heavy atom. The van der Waals surface area contributed by atoms with Gasteiger partial charge in [-0.3, -0.25) is 9.78 Å². The first kappa shape index (κ1) is 13.5. The smallest absolute Gasteiger partial charge is 0.309 e. The van der Waals surface area contributed by atoms with Crippen LogP contribution in [0.1, 0.15) is 28.9 Å². The van der Waals surface area contributed by atoms with Crippen LogP contribution in [0, 0.1) is 6.92 Å². The Kier molecular flexibility index (Phi) is 4.51. The predicted molar refractivity (Wildman–Crippen MR) is 57.5 cm³/mol. The molecule has 0 saturated heterocycles. The standard InChI is InChI=1S/C11H14F2N2O2/c1-6-8(5-14)7(4-10(16)17-2)3-9(15-6)11(12)13/h3,11H,4-5,14H2,1-2H3. The number of hydrogen-bond acceptors (Lipinski definition) is 4. The maximum atomic E-state index is 12.6. The summed E-state index contributed by atoms with van der Waals surface area (Å²) < 4.78 is 29.7. The van der Waals surface area contributed by atoms with E-state index in [1.165, 1.54) is 13.2 Å². The van der Waals surface area contributed by atoms with Crippen molar-refractivity contribution in [3.63, 3.8) is 0 Å². The number of rotatable bonds is 4. The number of nitrogens with zero attached hydrogens (tertiary/aromatic N) is 1. The fourth-order valence-corrected chi connectivity index (χ4v) is 1.57. The van der Waals surface area contributed by atoms with E-state index in [4.69, 9.17) is 5.73 Å². The van der Waals surface area contributed by atoms with Crippen molar-refractivity contribution in [3.05, 3.63) is 28.6 Å². The molecule has 0 aromatic carbocycles. The van der Waals surface area contributed by atoms with Crippen LogP contribution in [0.4, 0.5) is 8.78 Å². The molecule has 0 fully saturated rings. The molecular formula is C11H14F2N2O2. The van der Waals surface area contributed by atoms with Crippen molar-refractivity contribution in [1.29, 1.82) is 0 Å². The molecule has 4 nitrogen and oxygen atoms in total. The van der Waals surface area contributed by atoms with E-state index in [1.807, 2.05) is 0 Å². The number of methoxy groups -OCH3 is 1.